The topological polar surface area (TPSA) is 273 Å². The van der Waals surface area contributed by atoms with E-state index in [2.05, 4.69) is 23.4 Å². The SMILES string of the molecule is O=C(Nc1ccn([C@@H]2O[C@H](COP(=O)(O)OP(=O)(O)OP(=O)(O)O)[C@H](O)C2O)c(=O)n1)c1ccccc1. The summed E-state index contributed by atoms with van der Waals surface area (Å²) in [6.45, 7) is -1.06. The lowest BCUT2D eigenvalue weighted by molar-refractivity contribution is -0.0541. The normalized spacial score (nSPS) is 25.2. The lowest BCUT2D eigenvalue weighted by Gasteiger charge is -2.19. The van der Waals surface area contributed by atoms with E-state index in [0.29, 0.717) is 5.56 Å². The molecule has 3 rings (SSSR count). The van der Waals surface area contributed by atoms with Crippen LogP contribution in [0.4, 0.5) is 5.82 Å². The number of anilines is 1. The predicted octanol–water partition coefficient (Wildman–Crippen LogP) is -0.542. The van der Waals surface area contributed by atoms with E-state index in [9.17, 15) is 38.4 Å². The molecule has 204 valence electrons. The molecule has 1 amide bonds. The molecule has 1 saturated heterocycles. The van der Waals surface area contributed by atoms with Gasteiger partial charge in [0.1, 0.15) is 24.1 Å². The van der Waals surface area contributed by atoms with E-state index in [-0.39, 0.29) is 5.82 Å². The number of nitrogens with zero attached hydrogens (tertiary/aromatic N) is 2. The first-order valence-electron chi connectivity index (χ1n) is 9.82. The maximum atomic E-state index is 12.4. The van der Waals surface area contributed by atoms with Crippen molar-refractivity contribution in [1.82, 2.24) is 9.55 Å². The highest BCUT2D eigenvalue weighted by atomic mass is 31.3. The molecule has 37 heavy (non-hydrogen) atoms. The van der Waals surface area contributed by atoms with Crippen LogP contribution in [0.2, 0.25) is 0 Å². The summed E-state index contributed by atoms with van der Waals surface area (Å²) >= 11 is 0. The lowest BCUT2D eigenvalue weighted by Crippen LogP contribution is -2.36. The van der Waals surface area contributed by atoms with Gasteiger partial charge in [-0.25, -0.2) is 18.5 Å². The average Bonchev–Trinajstić information content (AvgIpc) is 3.04. The van der Waals surface area contributed by atoms with Crippen molar-refractivity contribution in [3.63, 3.8) is 0 Å². The monoisotopic (exact) mass is 587 g/mol. The van der Waals surface area contributed by atoms with Gasteiger partial charge in [-0.2, -0.15) is 13.6 Å². The minimum atomic E-state index is -5.76. The van der Waals surface area contributed by atoms with Crippen LogP contribution in [0.15, 0.2) is 47.4 Å². The molecule has 0 spiro atoms. The molecule has 18 nitrogen and oxygen atoms in total. The molecule has 0 aliphatic carbocycles. The zero-order chi connectivity index (χ0) is 27.6. The summed E-state index contributed by atoms with van der Waals surface area (Å²) in [7, 11) is -16.9. The fraction of sp³-hybridized carbons (Fsp3) is 0.312. The van der Waals surface area contributed by atoms with Crippen LogP contribution in [-0.2, 0) is 31.6 Å². The summed E-state index contributed by atoms with van der Waals surface area (Å²) in [5.41, 5.74) is -0.722. The van der Waals surface area contributed by atoms with Crippen molar-refractivity contribution in [2.45, 2.75) is 24.5 Å². The van der Waals surface area contributed by atoms with Gasteiger partial charge in [0, 0.05) is 11.8 Å². The molecule has 1 aromatic heterocycles. The van der Waals surface area contributed by atoms with Crippen LogP contribution in [0, 0.1) is 0 Å². The number of carbonyl (C=O) groups excluding carboxylic acids is 1. The number of aromatic nitrogens is 2. The molecule has 2 heterocycles. The fourth-order valence-electron chi connectivity index (χ4n) is 3.02. The van der Waals surface area contributed by atoms with E-state index in [1.54, 1.807) is 18.2 Å². The molecule has 0 saturated carbocycles. The van der Waals surface area contributed by atoms with Gasteiger partial charge in [0.15, 0.2) is 6.23 Å². The molecule has 1 aliphatic rings. The molecular formula is C16H20N3O15P3. The van der Waals surface area contributed by atoms with Gasteiger partial charge in [-0.1, -0.05) is 18.2 Å². The van der Waals surface area contributed by atoms with Crippen molar-refractivity contribution in [2.24, 2.45) is 0 Å². The van der Waals surface area contributed by atoms with E-state index in [4.69, 9.17) is 19.4 Å². The van der Waals surface area contributed by atoms with Crippen molar-refractivity contribution in [3.05, 3.63) is 58.6 Å². The van der Waals surface area contributed by atoms with E-state index >= 15 is 0 Å². The van der Waals surface area contributed by atoms with Gasteiger partial charge >= 0.3 is 29.2 Å². The minimum Gasteiger partial charge on any atom is -0.387 e. The molecule has 1 aromatic carbocycles. The highest BCUT2D eigenvalue weighted by molar-refractivity contribution is 7.66. The number of ether oxygens (including phenoxy) is 1. The zero-order valence-corrected chi connectivity index (χ0v) is 20.8. The predicted molar refractivity (Wildman–Crippen MR) is 119 cm³/mol. The standard InChI is InChI=1S/C16H20N3O15P3/c20-12-10(8-31-36(27,28)34-37(29,30)33-35(24,25)26)32-15(13(12)21)19-7-6-11(18-16(19)23)17-14(22)9-4-2-1-3-5-9/h1-7,10,12-13,15,20-21H,8H2,(H,27,28)(H,29,30)(H2,24,25,26)(H,17,18,22,23)/t10-,12+,13?,15-/m1/s1. The zero-order valence-electron chi connectivity index (χ0n) is 18.2. The minimum absolute atomic E-state index is 0.132. The first kappa shape index (κ1) is 29.4. The molecule has 6 atom stereocenters. The highest BCUT2D eigenvalue weighted by Crippen LogP contribution is 2.66. The summed E-state index contributed by atoms with van der Waals surface area (Å²) in [5, 5.41) is 22.8. The number of carbonyl (C=O) groups is 1. The summed E-state index contributed by atoms with van der Waals surface area (Å²) in [5.74, 6) is -0.684. The Hall–Kier alpha value is -2.14. The van der Waals surface area contributed by atoms with Crippen LogP contribution < -0.4 is 11.0 Å². The second-order valence-electron chi connectivity index (χ2n) is 7.26. The first-order chi connectivity index (χ1) is 17.1. The van der Waals surface area contributed by atoms with Gasteiger partial charge in [0.25, 0.3) is 5.91 Å². The number of rotatable bonds is 10. The number of phosphoric acid groups is 3. The van der Waals surface area contributed by atoms with Crippen molar-refractivity contribution in [1.29, 1.82) is 0 Å². The molecule has 2 aromatic rings. The summed E-state index contributed by atoms with van der Waals surface area (Å²) in [6, 6.07) is 9.22. The average molecular weight is 587 g/mol. The Kier molecular flexibility index (Phi) is 8.99. The number of nitrogens with one attached hydrogen (secondary N) is 1. The van der Waals surface area contributed by atoms with Gasteiger partial charge < -0.3 is 39.8 Å². The number of amides is 1. The summed E-state index contributed by atoms with van der Waals surface area (Å²) in [6.07, 6.45) is -5.71. The van der Waals surface area contributed by atoms with Gasteiger partial charge in [0.2, 0.25) is 0 Å². The Morgan fingerprint density at radius 1 is 1.00 bits per heavy atom. The Labute approximate surface area is 206 Å². The Bertz CT molecular complexity index is 1330. The lowest BCUT2D eigenvalue weighted by atomic mass is 10.1. The summed E-state index contributed by atoms with van der Waals surface area (Å²) in [4.78, 5) is 64.0. The van der Waals surface area contributed by atoms with Crippen molar-refractivity contribution in [2.75, 3.05) is 11.9 Å². The number of aliphatic hydroxyl groups is 2. The molecule has 0 bridgehead atoms. The van der Waals surface area contributed by atoms with Crippen LogP contribution in [0.1, 0.15) is 16.6 Å². The van der Waals surface area contributed by atoms with Gasteiger partial charge in [-0.3, -0.25) is 13.9 Å². The van der Waals surface area contributed by atoms with Crippen LogP contribution in [0.25, 0.3) is 0 Å². The van der Waals surface area contributed by atoms with Crippen molar-refractivity contribution < 1.29 is 66.2 Å². The third-order valence-corrected chi connectivity index (χ3v) is 8.34. The van der Waals surface area contributed by atoms with Crippen molar-refractivity contribution in [3.8, 4) is 0 Å². The number of hydrogen-bond donors (Lipinski definition) is 7. The smallest absolute Gasteiger partial charge is 0.387 e. The van der Waals surface area contributed by atoms with E-state index in [1.165, 1.54) is 18.2 Å². The molecule has 0 radical (unpaired) electrons. The number of benzene rings is 1. The van der Waals surface area contributed by atoms with Gasteiger partial charge in [-0.05, 0) is 18.2 Å². The number of phosphoric ester groups is 1. The van der Waals surface area contributed by atoms with E-state index < -0.39 is 66.2 Å². The third kappa shape index (κ3) is 8.17. The maximum absolute atomic E-state index is 12.4. The van der Waals surface area contributed by atoms with Crippen LogP contribution in [-0.4, -0.2) is 70.2 Å². The summed E-state index contributed by atoms with van der Waals surface area (Å²) < 4.78 is 51.4. The largest absolute Gasteiger partial charge is 0.490 e. The van der Waals surface area contributed by atoms with Crippen LogP contribution >= 0.6 is 23.5 Å². The molecule has 21 heteroatoms. The third-order valence-electron chi connectivity index (χ3n) is 4.54. The molecule has 1 fully saturated rings. The quantitative estimate of drug-likeness (QED) is 0.172. The highest BCUT2D eigenvalue weighted by Gasteiger charge is 2.46. The van der Waals surface area contributed by atoms with Crippen LogP contribution in [0.5, 0.6) is 0 Å². The second kappa shape index (κ2) is 11.3. The first-order valence-corrected chi connectivity index (χ1v) is 14.3. The second-order valence-corrected chi connectivity index (χ2v) is 11.7. The molecule has 3 unspecified atom stereocenters. The Morgan fingerprint density at radius 3 is 2.24 bits per heavy atom. The van der Waals surface area contributed by atoms with Gasteiger partial charge in [0.05, 0.1) is 6.61 Å². The van der Waals surface area contributed by atoms with Crippen molar-refractivity contribution >= 4 is 35.2 Å². The van der Waals surface area contributed by atoms with Crippen LogP contribution in [0.3, 0.4) is 0 Å². The fourth-order valence-corrected chi connectivity index (χ4v) is 6.05. The number of hydrogen-bond acceptors (Lipinski definition) is 12. The number of aliphatic hydroxyl groups excluding tert-OH is 2. The molecule has 7 N–H and O–H groups in total. The van der Waals surface area contributed by atoms with Gasteiger partial charge in [-0.15, -0.1) is 0 Å². The molecule has 1 aliphatic heterocycles. The Balaban J connectivity index is 1.65. The van der Waals surface area contributed by atoms with E-state index in [1.807, 2.05) is 0 Å². The maximum Gasteiger partial charge on any atom is 0.490 e. The van der Waals surface area contributed by atoms with E-state index in [0.717, 1.165) is 10.8 Å². The molecular weight excluding hydrogens is 567 g/mol. The Morgan fingerprint density at radius 2 is 1.65 bits per heavy atom.